The van der Waals surface area contributed by atoms with E-state index in [9.17, 15) is 14.0 Å². The van der Waals surface area contributed by atoms with Crippen molar-refractivity contribution in [3.8, 4) is 0 Å². The number of likely N-dealkylation sites (tertiary alicyclic amines) is 1. The molecule has 2 N–H and O–H groups in total. The molecule has 0 saturated carbocycles. The van der Waals surface area contributed by atoms with Gasteiger partial charge in [-0.2, -0.15) is 0 Å². The lowest BCUT2D eigenvalue weighted by molar-refractivity contribution is -0.899. The number of esters is 1. The molecule has 1 aliphatic heterocycles. The van der Waals surface area contributed by atoms with E-state index in [1.165, 1.54) is 24.3 Å². The average molecular weight is 309 g/mol. The van der Waals surface area contributed by atoms with Crippen LogP contribution in [0.15, 0.2) is 24.3 Å². The van der Waals surface area contributed by atoms with E-state index in [-0.39, 0.29) is 23.6 Å². The predicted octanol–water partition coefficient (Wildman–Crippen LogP) is 0.622. The Morgan fingerprint density at radius 1 is 1.36 bits per heavy atom. The molecule has 2 atom stereocenters. The van der Waals surface area contributed by atoms with Crippen LogP contribution in [0.1, 0.15) is 19.8 Å². The lowest BCUT2D eigenvalue weighted by Gasteiger charge is -2.28. The van der Waals surface area contributed by atoms with Gasteiger partial charge in [0.15, 0.2) is 6.54 Å². The molecule has 1 aromatic rings. The van der Waals surface area contributed by atoms with Gasteiger partial charge in [0.05, 0.1) is 19.7 Å². The lowest BCUT2D eigenvalue weighted by atomic mass is 9.98. The zero-order valence-corrected chi connectivity index (χ0v) is 12.7. The minimum absolute atomic E-state index is 0.123. The summed E-state index contributed by atoms with van der Waals surface area (Å²) < 4.78 is 17.9. The average Bonchev–Trinajstić information content (AvgIpc) is 2.50. The van der Waals surface area contributed by atoms with E-state index in [1.54, 1.807) is 6.92 Å². The van der Waals surface area contributed by atoms with E-state index >= 15 is 0 Å². The first kappa shape index (κ1) is 16.4. The standard InChI is InChI=1S/C16H21FN2O3/c1-2-22-16(21)12-4-3-9-19(10-12)11-15(20)18-14-7-5-13(17)6-8-14/h5-8,12H,2-4,9-11H2,1H3,(H,18,20)/p+1/t12-/m1/s1. The fourth-order valence-corrected chi connectivity index (χ4v) is 2.74. The molecule has 22 heavy (non-hydrogen) atoms. The molecule has 0 radical (unpaired) electrons. The maximum absolute atomic E-state index is 12.8. The summed E-state index contributed by atoms with van der Waals surface area (Å²) in [4.78, 5) is 24.9. The summed E-state index contributed by atoms with van der Waals surface area (Å²) in [5, 5.41) is 2.74. The van der Waals surface area contributed by atoms with Crippen molar-refractivity contribution in [1.82, 2.24) is 0 Å². The third-order valence-corrected chi connectivity index (χ3v) is 3.78. The normalized spacial score (nSPS) is 21.2. The van der Waals surface area contributed by atoms with Crippen LogP contribution in [0, 0.1) is 11.7 Å². The number of nitrogens with one attached hydrogen (secondary N) is 2. The van der Waals surface area contributed by atoms with E-state index in [4.69, 9.17) is 4.74 Å². The summed E-state index contributed by atoms with van der Waals surface area (Å²) in [6, 6.07) is 5.67. The summed E-state index contributed by atoms with van der Waals surface area (Å²) in [5.74, 6) is -0.760. The number of hydrogen-bond acceptors (Lipinski definition) is 3. The number of amides is 1. The van der Waals surface area contributed by atoms with E-state index in [0.29, 0.717) is 25.4 Å². The van der Waals surface area contributed by atoms with E-state index in [2.05, 4.69) is 5.32 Å². The smallest absolute Gasteiger partial charge is 0.314 e. The molecule has 1 fully saturated rings. The van der Waals surface area contributed by atoms with Crippen molar-refractivity contribution >= 4 is 17.6 Å². The highest BCUT2D eigenvalue weighted by Crippen LogP contribution is 2.10. The molecule has 1 amide bonds. The zero-order valence-electron chi connectivity index (χ0n) is 12.7. The fourth-order valence-electron chi connectivity index (χ4n) is 2.74. The molecule has 2 rings (SSSR count). The number of quaternary nitrogens is 1. The maximum atomic E-state index is 12.8. The predicted molar refractivity (Wildman–Crippen MR) is 80.0 cm³/mol. The van der Waals surface area contributed by atoms with Crippen molar-refractivity contribution in [3.05, 3.63) is 30.1 Å². The lowest BCUT2D eigenvalue weighted by Crippen LogP contribution is -3.14. The minimum atomic E-state index is -0.336. The first-order valence-electron chi connectivity index (χ1n) is 7.64. The molecule has 1 heterocycles. The molecular formula is C16H22FN2O3+. The Balaban J connectivity index is 1.83. The number of hydrogen-bond donors (Lipinski definition) is 2. The van der Waals surface area contributed by atoms with Gasteiger partial charge in [-0.3, -0.25) is 9.59 Å². The molecule has 1 unspecified atom stereocenters. The van der Waals surface area contributed by atoms with Crippen LogP contribution in [-0.4, -0.2) is 38.1 Å². The Kier molecular flexibility index (Phi) is 5.89. The Hall–Kier alpha value is -1.95. The number of carbonyl (C=O) groups is 2. The third kappa shape index (κ3) is 4.80. The van der Waals surface area contributed by atoms with Crippen molar-refractivity contribution < 1.29 is 23.6 Å². The highest BCUT2D eigenvalue weighted by molar-refractivity contribution is 5.91. The molecule has 0 aromatic heterocycles. The SMILES string of the molecule is CCOC(=O)[C@@H]1CCC[NH+](CC(=O)Nc2ccc(F)cc2)C1. The molecule has 5 nitrogen and oxygen atoms in total. The Labute approximate surface area is 129 Å². The van der Waals surface area contributed by atoms with Crippen LogP contribution >= 0.6 is 0 Å². The van der Waals surface area contributed by atoms with Gasteiger partial charge in [0, 0.05) is 5.69 Å². The summed E-state index contributed by atoms with van der Waals surface area (Å²) in [7, 11) is 0. The fraction of sp³-hybridized carbons (Fsp3) is 0.500. The van der Waals surface area contributed by atoms with Crippen LogP contribution in [-0.2, 0) is 14.3 Å². The first-order valence-corrected chi connectivity index (χ1v) is 7.64. The van der Waals surface area contributed by atoms with Gasteiger partial charge < -0.3 is 15.0 Å². The third-order valence-electron chi connectivity index (χ3n) is 3.78. The highest BCUT2D eigenvalue weighted by Gasteiger charge is 2.30. The van der Waals surface area contributed by atoms with Gasteiger partial charge in [-0.15, -0.1) is 0 Å². The second-order valence-electron chi connectivity index (χ2n) is 5.53. The van der Waals surface area contributed by atoms with Crippen molar-refractivity contribution in [2.75, 3.05) is 31.6 Å². The minimum Gasteiger partial charge on any atom is -0.466 e. The van der Waals surface area contributed by atoms with Gasteiger partial charge in [0.2, 0.25) is 0 Å². The molecule has 0 aliphatic carbocycles. The highest BCUT2D eigenvalue weighted by atomic mass is 19.1. The molecule has 1 aromatic carbocycles. The van der Waals surface area contributed by atoms with Crippen LogP contribution in [0.3, 0.4) is 0 Å². The molecule has 0 spiro atoms. The number of carbonyl (C=O) groups excluding carboxylic acids is 2. The van der Waals surface area contributed by atoms with Gasteiger partial charge in [0.1, 0.15) is 11.7 Å². The second-order valence-corrected chi connectivity index (χ2v) is 5.53. The Morgan fingerprint density at radius 3 is 2.77 bits per heavy atom. The van der Waals surface area contributed by atoms with Crippen LogP contribution in [0.2, 0.25) is 0 Å². The van der Waals surface area contributed by atoms with Crippen LogP contribution in [0.5, 0.6) is 0 Å². The number of rotatable bonds is 5. The van der Waals surface area contributed by atoms with Gasteiger partial charge in [-0.05, 0) is 44.0 Å². The van der Waals surface area contributed by atoms with Gasteiger partial charge >= 0.3 is 5.97 Å². The summed E-state index contributed by atoms with van der Waals surface area (Å²) in [6.45, 7) is 3.97. The molecule has 1 aliphatic rings. The van der Waals surface area contributed by atoms with Gasteiger partial charge in [-0.1, -0.05) is 0 Å². The Morgan fingerprint density at radius 2 is 2.09 bits per heavy atom. The quantitative estimate of drug-likeness (QED) is 0.784. The summed E-state index contributed by atoms with van der Waals surface area (Å²) in [5.41, 5.74) is 0.574. The van der Waals surface area contributed by atoms with Crippen molar-refractivity contribution in [2.45, 2.75) is 19.8 Å². The molecule has 120 valence electrons. The molecule has 0 bridgehead atoms. The number of piperidine rings is 1. The molecule has 1 saturated heterocycles. The number of ether oxygens (including phenoxy) is 1. The van der Waals surface area contributed by atoms with Crippen LogP contribution in [0.4, 0.5) is 10.1 Å². The topological polar surface area (TPSA) is 59.8 Å². The van der Waals surface area contributed by atoms with E-state index < -0.39 is 0 Å². The largest absolute Gasteiger partial charge is 0.466 e. The number of anilines is 1. The van der Waals surface area contributed by atoms with Crippen LogP contribution in [0.25, 0.3) is 0 Å². The second kappa shape index (κ2) is 7.89. The Bertz CT molecular complexity index is 519. The summed E-state index contributed by atoms with van der Waals surface area (Å²) >= 11 is 0. The van der Waals surface area contributed by atoms with Crippen molar-refractivity contribution in [2.24, 2.45) is 5.92 Å². The molecular weight excluding hydrogens is 287 g/mol. The summed E-state index contributed by atoms with van der Waals surface area (Å²) in [6.07, 6.45) is 1.73. The van der Waals surface area contributed by atoms with E-state index in [1.807, 2.05) is 0 Å². The zero-order chi connectivity index (χ0) is 15.9. The number of halogens is 1. The van der Waals surface area contributed by atoms with Gasteiger partial charge in [0.25, 0.3) is 5.91 Å². The molecule has 6 heteroatoms. The van der Waals surface area contributed by atoms with Crippen molar-refractivity contribution in [3.63, 3.8) is 0 Å². The maximum Gasteiger partial charge on any atom is 0.314 e. The van der Waals surface area contributed by atoms with E-state index in [0.717, 1.165) is 24.3 Å². The van der Waals surface area contributed by atoms with Crippen molar-refractivity contribution in [1.29, 1.82) is 0 Å². The first-order chi connectivity index (χ1) is 10.6. The van der Waals surface area contributed by atoms with Gasteiger partial charge in [-0.25, -0.2) is 4.39 Å². The number of benzene rings is 1. The van der Waals surface area contributed by atoms with Crippen LogP contribution < -0.4 is 10.2 Å². The monoisotopic (exact) mass is 309 g/mol.